The van der Waals surface area contributed by atoms with Crippen LogP contribution >= 0.6 is 0 Å². The van der Waals surface area contributed by atoms with Gasteiger partial charge in [0.25, 0.3) is 0 Å². The maximum Gasteiger partial charge on any atom is 0.0823 e. The van der Waals surface area contributed by atoms with E-state index in [1.807, 2.05) is 0 Å². The molecule has 3 nitrogen and oxygen atoms in total. The van der Waals surface area contributed by atoms with Crippen molar-refractivity contribution in [1.29, 1.82) is 0 Å². The van der Waals surface area contributed by atoms with Crippen LogP contribution in [0.2, 0.25) is 0 Å². The minimum atomic E-state index is -0.715. The van der Waals surface area contributed by atoms with Gasteiger partial charge in [-0.3, -0.25) is 0 Å². The molecule has 6 aliphatic rings. The van der Waals surface area contributed by atoms with Crippen LogP contribution in [0.5, 0.6) is 0 Å². The van der Waals surface area contributed by atoms with E-state index in [-0.39, 0.29) is 5.41 Å². The smallest absolute Gasteiger partial charge is 0.0823 e. The summed E-state index contributed by atoms with van der Waals surface area (Å²) in [7, 11) is 0. The summed E-state index contributed by atoms with van der Waals surface area (Å²) in [5, 5.41) is 11.6. The first-order valence-corrected chi connectivity index (χ1v) is 14.8. The lowest BCUT2D eigenvalue weighted by atomic mass is 9.31. The summed E-state index contributed by atoms with van der Waals surface area (Å²) in [4.78, 5) is 0. The minimum absolute atomic E-state index is 0.120. The van der Waals surface area contributed by atoms with E-state index in [2.05, 4.69) is 48.5 Å². The summed E-state index contributed by atoms with van der Waals surface area (Å²) in [6, 6.07) is 0. The van der Waals surface area contributed by atoms with Gasteiger partial charge in [-0.25, -0.2) is 0 Å². The maximum atomic E-state index is 11.6. The fourth-order valence-electron chi connectivity index (χ4n) is 12.4. The molecule has 10 atom stereocenters. The first kappa shape index (κ1) is 24.2. The van der Waals surface area contributed by atoms with Crippen LogP contribution in [-0.4, -0.2) is 30.0 Å². The zero-order chi connectivity index (χ0) is 24.6. The average Bonchev–Trinajstić information content (AvgIpc) is 3.11. The summed E-state index contributed by atoms with van der Waals surface area (Å²) in [5.74, 6) is 2.89. The molecule has 1 aliphatic heterocycles. The molecule has 1 heterocycles. The van der Waals surface area contributed by atoms with E-state index in [1.165, 1.54) is 51.4 Å². The van der Waals surface area contributed by atoms with Gasteiger partial charge in [0, 0.05) is 6.54 Å². The van der Waals surface area contributed by atoms with E-state index >= 15 is 0 Å². The zero-order valence-electron chi connectivity index (χ0n) is 23.3. The van der Waals surface area contributed by atoms with Gasteiger partial charge in [0.2, 0.25) is 0 Å². The second-order valence-corrected chi connectivity index (χ2v) is 16.2. The largest absolute Gasteiger partial charge is 0.388 e. The lowest BCUT2D eigenvalue weighted by molar-refractivity contribution is -0.266. The number of aliphatic hydroxyl groups is 1. The van der Waals surface area contributed by atoms with E-state index in [1.54, 1.807) is 0 Å². The standard InChI is InChI=1S/C31H53NO2/c1-25(2)12-15-30-16-14-28(6)20(23(30)24(25)34-19-30)8-9-22-27(5)13-17-31(33,18-32)26(3,4)21(27)10-11-29(22,28)7/h20-24,33H,8-19,32H2,1-7H3/t20-,21+,22-,23-,24-,27+,28-,29-,30-,31?/m1/s1. The quantitative estimate of drug-likeness (QED) is 0.455. The van der Waals surface area contributed by atoms with Crippen molar-refractivity contribution in [1.82, 2.24) is 0 Å². The number of hydrogen-bond acceptors (Lipinski definition) is 3. The van der Waals surface area contributed by atoms with Gasteiger partial charge < -0.3 is 15.6 Å². The second-order valence-electron chi connectivity index (χ2n) is 16.2. The molecule has 0 radical (unpaired) electrons. The number of nitrogens with two attached hydrogens (primary N) is 1. The van der Waals surface area contributed by atoms with Crippen molar-refractivity contribution < 1.29 is 9.84 Å². The predicted molar refractivity (Wildman–Crippen MR) is 138 cm³/mol. The van der Waals surface area contributed by atoms with Crippen LogP contribution in [0.4, 0.5) is 0 Å². The van der Waals surface area contributed by atoms with Gasteiger partial charge in [-0.15, -0.1) is 0 Å². The van der Waals surface area contributed by atoms with Gasteiger partial charge in [-0.2, -0.15) is 0 Å². The number of hydrogen-bond donors (Lipinski definition) is 2. The molecule has 0 amide bonds. The normalized spacial score (nSPS) is 59.4. The Morgan fingerprint density at radius 2 is 1.47 bits per heavy atom. The van der Waals surface area contributed by atoms with Gasteiger partial charge in [0.05, 0.1) is 18.3 Å². The Kier molecular flexibility index (Phi) is 4.88. The third-order valence-electron chi connectivity index (χ3n) is 14.9. The Bertz CT molecular complexity index is 867. The van der Waals surface area contributed by atoms with Gasteiger partial charge in [0.1, 0.15) is 0 Å². The molecule has 0 aromatic carbocycles. The number of fused-ring (bicyclic) bond motifs is 5. The molecule has 194 valence electrons. The molecule has 0 aromatic rings. The van der Waals surface area contributed by atoms with Crippen LogP contribution in [0.3, 0.4) is 0 Å². The maximum absolute atomic E-state index is 11.6. The predicted octanol–water partition coefficient (Wildman–Crippen LogP) is 6.57. The fraction of sp³-hybridized carbons (Fsp3) is 1.00. The van der Waals surface area contributed by atoms with Crippen molar-refractivity contribution in [3.8, 4) is 0 Å². The molecule has 34 heavy (non-hydrogen) atoms. The molecule has 6 fully saturated rings. The Hall–Kier alpha value is -0.120. The SMILES string of the molecule is CC1(C)CC[C@]23CC[C@]4(C)[C@H](CC[C@@H]5[C@@]6(C)CCC(O)(CN)C(C)(C)[C@@H]6CC[C@]54C)[C@@H]2[C@H]1OC3. The summed E-state index contributed by atoms with van der Waals surface area (Å²) in [6.45, 7) is 19.1. The van der Waals surface area contributed by atoms with Gasteiger partial charge >= 0.3 is 0 Å². The van der Waals surface area contributed by atoms with E-state index in [0.717, 1.165) is 37.2 Å². The summed E-state index contributed by atoms with van der Waals surface area (Å²) >= 11 is 0. The Balaban J connectivity index is 1.38. The van der Waals surface area contributed by atoms with E-state index in [9.17, 15) is 5.11 Å². The Labute approximate surface area is 209 Å². The molecular formula is C31H53NO2. The Morgan fingerprint density at radius 1 is 0.765 bits per heavy atom. The summed E-state index contributed by atoms with van der Waals surface area (Å²) in [6.07, 6.45) is 13.3. The lowest BCUT2D eigenvalue weighted by Crippen LogP contribution is -2.70. The summed E-state index contributed by atoms with van der Waals surface area (Å²) in [5.41, 5.74) is 7.26. The van der Waals surface area contributed by atoms with Crippen LogP contribution in [0.25, 0.3) is 0 Å². The van der Waals surface area contributed by atoms with Crippen molar-refractivity contribution in [3.05, 3.63) is 0 Å². The number of rotatable bonds is 1. The third kappa shape index (κ3) is 2.56. The van der Waals surface area contributed by atoms with Gasteiger partial charge in [-0.1, -0.05) is 48.5 Å². The Morgan fingerprint density at radius 3 is 2.18 bits per heavy atom. The first-order valence-electron chi connectivity index (χ1n) is 14.8. The highest BCUT2D eigenvalue weighted by atomic mass is 16.5. The van der Waals surface area contributed by atoms with Gasteiger partial charge in [-0.05, 0) is 120 Å². The topological polar surface area (TPSA) is 55.5 Å². The molecule has 0 aromatic heterocycles. The molecule has 0 spiro atoms. The van der Waals surface area contributed by atoms with Crippen LogP contribution in [0.15, 0.2) is 0 Å². The van der Waals surface area contributed by atoms with E-state index < -0.39 is 5.60 Å². The minimum Gasteiger partial charge on any atom is -0.388 e. The van der Waals surface area contributed by atoms with Crippen LogP contribution in [0, 0.1) is 56.2 Å². The van der Waals surface area contributed by atoms with Crippen molar-refractivity contribution in [2.45, 2.75) is 124 Å². The lowest BCUT2D eigenvalue weighted by Gasteiger charge is -2.74. The molecule has 3 heteroatoms. The van der Waals surface area contributed by atoms with Gasteiger partial charge in [0.15, 0.2) is 0 Å². The number of ether oxygens (including phenoxy) is 1. The second kappa shape index (κ2) is 6.84. The van der Waals surface area contributed by atoms with Crippen molar-refractivity contribution in [3.63, 3.8) is 0 Å². The van der Waals surface area contributed by atoms with Crippen molar-refractivity contribution >= 4 is 0 Å². The molecule has 6 rings (SSSR count). The van der Waals surface area contributed by atoms with Crippen LogP contribution < -0.4 is 5.73 Å². The first-order chi connectivity index (χ1) is 15.7. The molecule has 2 bridgehead atoms. The molecule has 3 N–H and O–H groups in total. The van der Waals surface area contributed by atoms with Crippen LogP contribution in [-0.2, 0) is 4.74 Å². The van der Waals surface area contributed by atoms with Crippen LogP contribution in [0.1, 0.15) is 113 Å². The van der Waals surface area contributed by atoms with Crippen molar-refractivity contribution in [2.75, 3.05) is 13.2 Å². The summed E-state index contributed by atoms with van der Waals surface area (Å²) < 4.78 is 6.72. The third-order valence-corrected chi connectivity index (χ3v) is 14.9. The highest BCUT2D eigenvalue weighted by Gasteiger charge is 2.73. The average molecular weight is 472 g/mol. The van der Waals surface area contributed by atoms with E-state index in [0.29, 0.717) is 45.6 Å². The molecule has 5 saturated carbocycles. The molecule has 1 saturated heterocycles. The molecule has 5 aliphatic carbocycles. The van der Waals surface area contributed by atoms with Crippen molar-refractivity contribution in [2.24, 2.45) is 61.9 Å². The molecular weight excluding hydrogens is 418 g/mol. The highest BCUT2D eigenvalue weighted by molar-refractivity contribution is 5.22. The zero-order valence-corrected chi connectivity index (χ0v) is 23.3. The highest BCUT2D eigenvalue weighted by Crippen LogP contribution is 2.78. The monoisotopic (exact) mass is 471 g/mol. The van der Waals surface area contributed by atoms with E-state index in [4.69, 9.17) is 10.5 Å². The fourth-order valence-corrected chi connectivity index (χ4v) is 12.4. The molecule has 1 unspecified atom stereocenters.